The maximum absolute atomic E-state index is 8.77. The van der Waals surface area contributed by atoms with E-state index in [2.05, 4.69) is 17.2 Å². The van der Waals surface area contributed by atoms with Crippen LogP contribution in [0, 0.1) is 17.4 Å². The lowest BCUT2D eigenvalue weighted by atomic mass is 9.88. The smallest absolute Gasteiger partial charge is 0.182 e. The summed E-state index contributed by atoms with van der Waals surface area (Å²) in [6.45, 7) is 2.28. The highest BCUT2D eigenvalue weighted by Gasteiger charge is 2.17. The van der Waals surface area contributed by atoms with Crippen LogP contribution in [0.15, 0.2) is 33.9 Å². The van der Waals surface area contributed by atoms with E-state index in [0.29, 0.717) is 11.9 Å². The normalized spacial score (nSPS) is 24.3. The molecule has 4 heteroatoms. The first-order valence-electron chi connectivity index (χ1n) is 6.72. The molecule has 1 aliphatic rings. The highest BCUT2D eigenvalue weighted by atomic mass is 16.3. The van der Waals surface area contributed by atoms with Crippen molar-refractivity contribution in [2.75, 3.05) is 0 Å². The number of aliphatic imine (C=N–C) groups is 1. The Morgan fingerprint density at radius 3 is 2.89 bits per heavy atom. The predicted octanol–water partition coefficient (Wildman–Crippen LogP) is 3.34. The molecule has 0 spiro atoms. The number of furan rings is 1. The first-order chi connectivity index (χ1) is 9.28. The summed E-state index contributed by atoms with van der Waals surface area (Å²) in [5.41, 5.74) is 0. The standard InChI is InChI=1S/C15H19N3O/c1-12-4-6-13(7-5-12)18-15(17-11-16)9-8-14-3-2-10-19-14/h2-3,8-10,12-13H,4-7H2,1H3,(H,17,18)/b9-8+. The van der Waals surface area contributed by atoms with Gasteiger partial charge in [-0.05, 0) is 55.9 Å². The molecule has 1 N–H and O–H groups in total. The van der Waals surface area contributed by atoms with E-state index in [0.717, 1.165) is 24.5 Å². The minimum atomic E-state index is 0.327. The van der Waals surface area contributed by atoms with E-state index in [1.807, 2.05) is 24.4 Å². The Bertz CT molecular complexity index is 474. The molecule has 100 valence electrons. The molecule has 1 saturated carbocycles. The van der Waals surface area contributed by atoms with Gasteiger partial charge in [-0.2, -0.15) is 5.26 Å². The Labute approximate surface area is 113 Å². The summed E-state index contributed by atoms with van der Waals surface area (Å²) < 4.78 is 5.21. The second-order valence-electron chi connectivity index (χ2n) is 5.01. The predicted molar refractivity (Wildman–Crippen MR) is 75.3 cm³/mol. The summed E-state index contributed by atoms with van der Waals surface area (Å²) in [6, 6.07) is 4.02. The number of nitrogens with one attached hydrogen (secondary N) is 1. The third-order valence-corrected chi connectivity index (χ3v) is 3.44. The van der Waals surface area contributed by atoms with E-state index in [1.54, 1.807) is 12.3 Å². The van der Waals surface area contributed by atoms with Gasteiger partial charge in [0.15, 0.2) is 6.19 Å². The summed E-state index contributed by atoms with van der Waals surface area (Å²) >= 11 is 0. The molecule has 0 aliphatic heterocycles. The van der Waals surface area contributed by atoms with Gasteiger partial charge in [0, 0.05) is 0 Å². The summed E-state index contributed by atoms with van der Waals surface area (Å²) in [5, 5.41) is 11.4. The van der Waals surface area contributed by atoms with Gasteiger partial charge < -0.3 is 4.42 Å². The Morgan fingerprint density at radius 1 is 1.47 bits per heavy atom. The third-order valence-electron chi connectivity index (χ3n) is 3.44. The summed E-state index contributed by atoms with van der Waals surface area (Å²) in [7, 11) is 0. The lowest BCUT2D eigenvalue weighted by molar-refractivity contribution is 0.349. The van der Waals surface area contributed by atoms with Crippen LogP contribution in [-0.4, -0.2) is 11.9 Å². The number of rotatable bonds is 3. The largest absolute Gasteiger partial charge is 0.465 e. The summed E-state index contributed by atoms with van der Waals surface area (Å²) in [4.78, 5) is 4.61. The van der Waals surface area contributed by atoms with Gasteiger partial charge in [-0.25, -0.2) is 0 Å². The van der Waals surface area contributed by atoms with E-state index in [4.69, 9.17) is 9.68 Å². The lowest BCUT2D eigenvalue weighted by Gasteiger charge is -2.23. The van der Waals surface area contributed by atoms with Gasteiger partial charge >= 0.3 is 0 Å². The first-order valence-corrected chi connectivity index (χ1v) is 6.72. The fourth-order valence-electron chi connectivity index (χ4n) is 2.29. The molecule has 2 rings (SSSR count). The van der Waals surface area contributed by atoms with Gasteiger partial charge in [-0.3, -0.25) is 10.3 Å². The molecule has 0 saturated heterocycles. The average Bonchev–Trinajstić information content (AvgIpc) is 2.92. The number of nitrogens with zero attached hydrogens (tertiary/aromatic N) is 2. The summed E-state index contributed by atoms with van der Waals surface area (Å²) in [6.07, 6.45) is 11.8. The Morgan fingerprint density at radius 2 is 2.26 bits per heavy atom. The summed E-state index contributed by atoms with van der Waals surface area (Å²) in [5.74, 6) is 2.17. The van der Waals surface area contributed by atoms with Crippen molar-refractivity contribution in [3.05, 3.63) is 30.2 Å². The second kappa shape index (κ2) is 6.79. The molecule has 4 nitrogen and oxygen atoms in total. The van der Waals surface area contributed by atoms with Gasteiger partial charge in [0.25, 0.3) is 0 Å². The minimum Gasteiger partial charge on any atom is -0.465 e. The molecule has 0 aromatic carbocycles. The maximum atomic E-state index is 8.77. The van der Waals surface area contributed by atoms with Crippen molar-refractivity contribution in [3.63, 3.8) is 0 Å². The molecule has 1 aliphatic carbocycles. The Kier molecular flexibility index (Phi) is 4.79. The van der Waals surface area contributed by atoms with Gasteiger partial charge in [0.05, 0.1) is 12.3 Å². The van der Waals surface area contributed by atoms with E-state index >= 15 is 0 Å². The van der Waals surface area contributed by atoms with Crippen LogP contribution in [0.25, 0.3) is 6.08 Å². The highest BCUT2D eigenvalue weighted by molar-refractivity contribution is 5.97. The lowest BCUT2D eigenvalue weighted by Crippen LogP contribution is -2.22. The van der Waals surface area contributed by atoms with Gasteiger partial charge in [0.1, 0.15) is 11.6 Å². The number of hydrogen-bond donors (Lipinski definition) is 1. The van der Waals surface area contributed by atoms with Crippen LogP contribution in [0.2, 0.25) is 0 Å². The quantitative estimate of drug-likeness (QED) is 0.391. The zero-order valence-electron chi connectivity index (χ0n) is 11.2. The van der Waals surface area contributed by atoms with Crippen LogP contribution >= 0.6 is 0 Å². The van der Waals surface area contributed by atoms with E-state index in [1.165, 1.54) is 12.8 Å². The van der Waals surface area contributed by atoms with Crippen LogP contribution in [0.1, 0.15) is 38.4 Å². The molecule has 0 radical (unpaired) electrons. The molecule has 1 aromatic rings. The van der Waals surface area contributed by atoms with Crippen LogP contribution in [0.3, 0.4) is 0 Å². The zero-order chi connectivity index (χ0) is 13.5. The van der Waals surface area contributed by atoms with Crippen LogP contribution in [0.5, 0.6) is 0 Å². The van der Waals surface area contributed by atoms with Crippen LogP contribution in [0.4, 0.5) is 0 Å². The fourth-order valence-corrected chi connectivity index (χ4v) is 2.29. The average molecular weight is 257 g/mol. The Balaban J connectivity index is 2.01. The molecular formula is C15H19N3O. The Hall–Kier alpha value is -2.02. The van der Waals surface area contributed by atoms with Crippen molar-refractivity contribution in [3.8, 4) is 6.19 Å². The topological polar surface area (TPSA) is 61.3 Å². The van der Waals surface area contributed by atoms with Gasteiger partial charge in [-0.1, -0.05) is 6.92 Å². The van der Waals surface area contributed by atoms with E-state index < -0.39 is 0 Å². The van der Waals surface area contributed by atoms with Crippen molar-refractivity contribution < 1.29 is 4.42 Å². The monoisotopic (exact) mass is 257 g/mol. The van der Waals surface area contributed by atoms with E-state index in [9.17, 15) is 0 Å². The van der Waals surface area contributed by atoms with Crippen molar-refractivity contribution in [2.45, 2.75) is 38.6 Å². The third kappa shape index (κ3) is 4.29. The van der Waals surface area contributed by atoms with Crippen molar-refractivity contribution in [2.24, 2.45) is 10.9 Å². The van der Waals surface area contributed by atoms with Crippen molar-refractivity contribution >= 4 is 11.9 Å². The molecule has 0 atom stereocenters. The van der Waals surface area contributed by atoms with Crippen LogP contribution in [-0.2, 0) is 0 Å². The molecule has 1 fully saturated rings. The molecule has 0 amide bonds. The fraction of sp³-hybridized carbons (Fsp3) is 0.467. The molecular weight excluding hydrogens is 238 g/mol. The van der Waals surface area contributed by atoms with E-state index in [-0.39, 0.29) is 0 Å². The molecule has 1 heterocycles. The molecule has 0 unspecified atom stereocenters. The van der Waals surface area contributed by atoms with Crippen LogP contribution < -0.4 is 5.32 Å². The van der Waals surface area contributed by atoms with Gasteiger partial charge in [0.2, 0.25) is 0 Å². The number of hydrogen-bond acceptors (Lipinski definition) is 3. The highest BCUT2D eigenvalue weighted by Crippen LogP contribution is 2.25. The minimum absolute atomic E-state index is 0.327. The first kappa shape index (κ1) is 13.4. The molecule has 19 heavy (non-hydrogen) atoms. The number of amidine groups is 1. The SMILES string of the molecule is CC1CCC(N=C(/C=C/c2ccco2)NC#N)CC1. The molecule has 1 aromatic heterocycles. The number of nitriles is 1. The van der Waals surface area contributed by atoms with Crippen molar-refractivity contribution in [1.82, 2.24) is 5.32 Å². The maximum Gasteiger partial charge on any atom is 0.182 e. The molecule has 0 bridgehead atoms. The zero-order valence-corrected chi connectivity index (χ0v) is 11.2. The van der Waals surface area contributed by atoms with Crippen molar-refractivity contribution in [1.29, 1.82) is 5.26 Å². The van der Waals surface area contributed by atoms with Gasteiger partial charge in [-0.15, -0.1) is 0 Å². The second-order valence-corrected chi connectivity index (χ2v) is 5.01.